The molecule has 0 spiro atoms. The highest BCUT2D eigenvalue weighted by Gasteiger charge is 2.28. The minimum atomic E-state index is -0.603. The lowest BCUT2D eigenvalue weighted by Gasteiger charge is -2.37. The third kappa shape index (κ3) is 6.05. The SMILES string of the molecule is CCOc1cc2cn(CC(=O)c3cc(N4CCN(CC#N)CC4)c(OC)c(C(C)(C)C)c3)c(N)c2c(F)c1OCC. The number of nitrogen functional groups attached to an aromatic ring is 1. The molecule has 2 N–H and O–H groups in total. The van der Waals surface area contributed by atoms with E-state index < -0.39 is 5.82 Å². The smallest absolute Gasteiger partial charge is 0.197 e. The maximum Gasteiger partial charge on any atom is 0.197 e. The number of carbonyl (C=O) groups is 1. The molecular formula is C31H40FN5O4. The Bertz CT molecular complexity index is 1460. The van der Waals surface area contributed by atoms with Gasteiger partial charge in [0.25, 0.3) is 0 Å². The molecule has 1 aliphatic heterocycles. The van der Waals surface area contributed by atoms with Gasteiger partial charge in [-0.25, -0.2) is 4.39 Å². The van der Waals surface area contributed by atoms with E-state index in [-0.39, 0.29) is 41.3 Å². The quantitative estimate of drug-likeness (QED) is 0.271. The van der Waals surface area contributed by atoms with Crippen LogP contribution in [-0.2, 0) is 12.0 Å². The summed E-state index contributed by atoms with van der Waals surface area (Å²) in [6.45, 7) is 13.7. The van der Waals surface area contributed by atoms with Crippen molar-refractivity contribution in [3.05, 3.63) is 41.3 Å². The van der Waals surface area contributed by atoms with E-state index in [1.54, 1.807) is 30.9 Å². The summed E-state index contributed by atoms with van der Waals surface area (Å²) in [5.41, 5.74) is 8.39. The number of Topliss-reactive ketones (excluding diaryl/α,β-unsaturated/α-hetero) is 1. The van der Waals surface area contributed by atoms with E-state index in [1.165, 1.54) is 0 Å². The van der Waals surface area contributed by atoms with E-state index in [2.05, 4.69) is 36.6 Å². The van der Waals surface area contributed by atoms with Crippen molar-refractivity contribution in [1.29, 1.82) is 5.26 Å². The highest BCUT2D eigenvalue weighted by molar-refractivity contribution is 6.00. The Hall–Kier alpha value is -3.97. The molecule has 9 nitrogen and oxygen atoms in total. The molecule has 10 heteroatoms. The van der Waals surface area contributed by atoms with Gasteiger partial charge in [-0.15, -0.1) is 0 Å². The number of methoxy groups -OCH3 is 1. The molecule has 1 fully saturated rings. The molecule has 1 saturated heterocycles. The van der Waals surface area contributed by atoms with E-state index in [1.807, 2.05) is 19.1 Å². The van der Waals surface area contributed by atoms with Crippen molar-refractivity contribution in [3.8, 4) is 23.3 Å². The van der Waals surface area contributed by atoms with E-state index in [0.29, 0.717) is 42.9 Å². The molecule has 2 aromatic carbocycles. The maximum atomic E-state index is 15.6. The van der Waals surface area contributed by atoms with Crippen LogP contribution in [0.4, 0.5) is 15.9 Å². The molecule has 0 amide bonds. The fraction of sp³-hybridized carbons (Fsp3) is 0.484. The van der Waals surface area contributed by atoms with E-state index in [4.69, 9.17) is 25.2 Å². The predicted molar refractivity (Wildman–Crippen MR) is 159 cm³/mol. The van der Waals surface area contributed by atoms with Crippen molar-refractivity contribution in [2.24, 2.45) is 0 Å². The minimum Gasteiger partial charge on any atom is -0.494 e. The average Bonchev–Trinajstić information content (AvgIpc) is 3.24. The molecule has 0 bridgehead atoms. The van der Waals surface area contributed by atoms with Gasteiger partial charge < -0.3 is 29.4 Å². The highest BCUT2D eigenvalue weighted by atomic mass is 19.1. The van der Waals surface area contributed by atoms with Crippen LogP contribution in [0.2, 0.25) is 0 Å². The number of hydrogen-bond acceptors (Lipinski definition) is 8. The second-order valence-corrected chi connectivity index (χ2v) is 11.2. The van der Waals surface area contributed by atoms with Crippen molar-refractivity contribution in [2.45, 2.75) is 46.6 Å². The Morgan fingerprint density at radius 3 is 2.34 bits per heavy atom. The number of nitrogens with zero attached hydrogens (tertiary/aromatic N) is 4. The van der Waals surface area contributed by atoms with Crippen LogP contribution < -0.4 is 24.8 Å². The molecule has 0 radical (unpaired) electrons. The second-order valence-electron chi connectivity index (χ2n) is 11.2. The van der Waals surface area contributed by atoms with Crippen molar-refractivity contribution in [2.75, 3.05) is 63.7 Å². The largest absolute Gasteiger partial charge is 0.494 e. The predicted octanol–water partition coefficient (Wildman–Crippen LogP) is 4.99. The van der Waals surface area contributed by atoms with Gasteiger partial charge in [-0.1, -0.05) is 20.8 Å². The van der Waals surface area contributed by atoms with Gasteiger partial charge in [0.15, 0.2) is 23.1 Å². The number of ether oxygens (including phenoxy) is 3. The number of rotatable bonds is 10. The lowest BCUT2D eigenvalue weighted by atomic mass is 9.84. The summed E-state index contributed by atoms with van der Waals surface area (Å²) in [5, 5.41) is 9.81. The first-order chi connectivity index (χ1) is 19.5. The zero-order valence-corrected chi connectivity index (χ0v) is 24.8. The van der Waals surface area contributed by atoms with Crippen molar-refractivity contribution >= 4 is 28.1 Å². The molecule has 1 aromatic heterocycles. The number of nitrogens with two attached hydrogens (primary N) is 1. The van der Waals surface area contributed by atoms with E-state index in [0.717, 1.165) is 30.1 Å². The summed E-state index contributed by atoms with van der Waals surface area (Å²) in [6, 6.07) is 7.67. The number of benzene rings is 2. The van der Waals surface area contributed by atoms with Gasteiger partial charge in [-0.3, -0.25) is 9.69 Å². The first kappa shape index (κ1) is 30.0. The zero-order valence-electron chi connectivity index (χ0n) is 24.8. The van der Waals surface area contributed by atoms with Gasteiger partial charge >= 0.3 is 0 Å². The topological polar surface area (TPSA) is 106 Å². The highest BCUT2D eigenvalue weighted by Crippen LogP contribution is 2.42. The van der Waals surface area contributed by atoms with Crippen molar-refractivity contribution in [1.82, 2.24) is 9.47 Å². The third-order valence-corrected chi connectivity index (χ3v) is 7.39. The molecule has 0 aliphatic carbocycles. The van der Waals surface area contributed by atoms with Crippen LogP contribution in [0.5, 0.6) is 17.2 Å². The number of piperazine rings is 1. The molecule has 0 saturated carbocycles. The van der Waals surface area contributed by atoms with Crippen molar-refractivity contribution < 1.29 is 23.4 Å². The number of aromatic nitrogens is 1. The van der Waals surface area contributed by atoms with Crippen LogP contribution in [0, 0.1) is 17.1 Å². The summed E-state index contributed by atoms with van der Waals surface area (Å²) in [4.78, 5) is 18.1. The fourth-order valence-corrected chi connectivity index (χ4v) is 5.32. The van der Waals surface area contributed by atoms with Crippen LogP contribution in [0.15, 0.2) is 24.4 Å². The van der Waals surface area contributed by atoms with E-state index in [9.17, 15) is 4.79 Å². The monoisotopic (exact) mass is 565 g/mol. The van der Waals surface area contributed by atoms with Crippen LogP contribution >= 0.6 is 0 Å². The standard InChI is InChI=1S/C31H40FN5O4/c1-7-40-25-17-21-18-37(30(34)26(21)27(32)29(25)41-8-2)19-24(38)20-15-22(31(3,4)5)28(39-6)23(16-20)36-13-11-35(10-9-33)12-14-36/h15-18H,7-8,10-14,19,34H2,1-6H3. The number of hydrogen-bond donors (Lipinski definition) is 1. The summed E-state index contributed by atoms with van der Waals surface area (Å²) in [7, 11) is 1.65. The Morgan fingerprint density at radius 1 is 1.07 bits per heavy atom. The molecule has 3 aromatic rings. The average molecular weight is 566 g/mol. The lowest BCUT2D eigenvalue weighted by molar-refractivity contribution is 0.0973. The molecular weight excluding hydrogens is 525 g/mol. The summed E-state index contributed by atoms with van der Waals surface area (Å²) < 4.78 is 34.2. The van der Waals surface area contributed by atoms with Gasteiger partial charge in [0, 0.05) is 48.9 Å². The van der Waals surface area contributed by atoms with Crippen LogP contribution in [-0.4, -0.2) is 68.3 Å². The molecule has 2 heterocycles. The second kappa shape index (κ2) is 12.3. The molecule has 0 unspecified atom stereocenters. The molecule has 41 heavy (non-hydrogen) atoms. The van der Waals surface area contributed by atoms with Gasteiger partial charge in [-0.05, 0) is 37.5 Å². The van der Waals surface area contributed by atoms with Crippen LogP contribution in [0.25, 0.3) is 10.8 Å². The number of halogens is 1. The van der Waals surface area contributed by atoms with Gasteiger partial charge in [0.1, 0.15) is 11.6 Å². The Kier molecular flexibility index (Phi) is 8.98. The third-order valence-electron chi connectivity index (χ3n) is 7.39. The molecule has 220 valence electrons. The van der Waals surface area contributed by atoms with Crippen LogP contribution in [0.1, 0.15) is 50.5 Å². The minimum absolute atomic E-state index is 0.0158. The first-order valence-electron chi connectivity index (χ1n) is 14.0. The summed E-state index contributed by atoms with van der Waals surface area (Å²) >= 11 is 0. The number of nitriles is 1. The van der Waals surface area contributed by atoms with E-state index >= 15 is 4.39 Å². The summed E-state index contributed by atoms with van der Waals surface area (Å²) in [5.74, 6) is 0.435. The van der Waals surface area contributed by atoms with Gasteiger partial charge in [-0.2, -0.15) is 5.26 Å². The molecule has 1 aliphatic rings. The number of fused-ring (bicyclic) bond motifs is 1. The molecule has 4 rings (SSSR count). The van der Waals surface area contributed by atoms with Crippen LogP contribution in [0.3, 0.4) is 0 Å². The molecule has 0 atom stereocenters. The Morgan fingerprint density at radius 2 is 1.76 bits per heavy atom. The Balaban J connectivity index is 1.73. The fourth-order valence-electron chi connectivity index (χ4n) is 5.32. The number of carbonyl (C=O) groups excluding carboxylic acids is 1. The maximum absolute atomic E-state index is 15.6. The lowest BCUT2D eigenvalue weighted by Crippen LogP contribution is -2.46. The van der Waals surface area contributed by atoms with Gasteiger partial charge in [0.05, 0.1) is 50.6 Å². The van der Waals surface area contributed by atoms with Crippen molar-refractivity contribution in [3.63, 3.8) is 0 Å². The first-order valence-corrected chi connectivity index (χ1v) is 14.0. The zero-order chi connectivity index (χ0) is 29.9. The number of anilines is 2. The summed E-state index contributed by atoms with van der Waals surface area (Å²) in [6.07, 6.45) is 1.67. The normalized spacial score (nSPS) is 14.2. The van der Waals surface area contributed by atoms with Gasteiger partial charge in [0.2, 0.25) is 0 Å². The number of ketones is 1. The Labute approximate surface area is 241 Å².